The topological polar surface area (TPSA) is 55.8 Å². The Hall–Kier alpha value is -2.63. The van der Waals surface area contributed by atoms with Crippen LogP contribution in [-0.4, -0.2) is 21.1 Å². The number of hydrogen-bond donors (Lipinski definition) is 1. The van der Waals surface area contributed by atoms with E-state index in [-0.39, 0.29) is 11.7 Å². The van der Waals surface area contributed by atoms with Crippen molar-refractivity contribution in [1.29, 1.82) is 0 Å². The molecule has 26 heavy (non-hydrogen) atoms. The van der Waals surface area contributed by atoms with Crippen LogP contribution in [0.3, 0.4) is 0 Å². The van der Waals surface area contributed by atoms with Crippen molar-refractivity contribution in [3.05, 3.63) is 78.4 Å². The Balaban J connectivity index is 1.61. The zero-order chi connectivity index (χ0) is 17.9. The molecule has 1 aliphatic rings. The molecule has 3 aromatic carbocycles. The van der Waals surface area contributed by atoms with E-state index in [2.05, 4.69) is 0 Å². The van der Waals surface area contributed by atoms with Gasteiger partial charge in [0.2, 0.25) is 0 Å². The molecule has 2 atom stereocenters. The van der Waals surface area contributed by atoms with E-state index in [0.29, 0.717) is 12.4 Å². The second-order valence-corrected chi connectivity index (χ2v) is 7.14. The van der Waals surface area contributed by atoms with E-state index in [0.717, 1.165) is 28.2 Å². The molecule has 2 unspecified atom stereocenters. The molecular formula is C21H18O4S. The molecule has 0 saturated heterocycles. The molecule has 0 spiro atoms. The molecule has 0 saturated carbocycles. The lowest BCUT2D eigenvalue weighted by atomic mass is 10.0. The first-order valence-electron chi connectivity index (χ1n) is 8.37. The lowest BCUT2D eigenvalue weighted by Gasteiger charge is -2.12. The van der Waals surface area contributed by atoms with Crippen LogP contribution < -0.4 is 9.47 Å². The van der Waals surface area contributed by atoms with E-state index < -0.39 is 11.1 Å². The fraction of sp³-hybridized carbons (Fsp3) is 0.143. The minimum atomic E-state index is -1.84. The highest BCUT2D eigenvalue weighted by molar-refractivity contribution is 7.79. The summed E-state index contributed by atoms with van der Waals surface area (Å²) in [7, 11) is 0. The van der Waals surface area contributed by atoms with Crippen LogP contribution in [0.1, 0.15) is 11.5 Å². The van der Waals surface area contributed by atoms with Gasteiger partial charge in [-0.15, -0.1) is 0 Å². The highest BCUT2D eigenvalue weighted by Crippen LogP contribution is 2.39. The molecule has 1 N–H and O–H groups in total. The van der Waals surface area contributed by atoms with Crippen molar-refractivity contribution in [3.63, 3.8) is 0 Å². The van der Waals surface area contributed by atoms with Crippen LogP contribution in [0.2, 0.25) is 0 Å². The van der Waals surface area contributed by atoms with Gasteiger partial charge in [-0.25, -0.2) is 4.21 Å². The Kier molecular flexibility index (Phi) is 4.73. The van der Waals surface area contributed by atoms with Gasteiger partial charge in [0.15, 0.2) is 11.1 Å². The third-order valence-corrected chi connectivity index (χ3v) is 5.10. The largest absolute Gasteiger partial charge is 0.492 e. The third-order valence-electron chi connectivity index (χ3n) is 4.41. The highest BCUT2D eigenvalue weighted by atomic mass is 32.2. The van der Waals surface area contributed by atoms with Gasteiger partial charge in [-0.1, -0.05) is 54.6 Å². The molecule has 1 aliphatic heterocycles. The van der Waals surface area contributed by atoms with Crippen molar-refractivity contribution in [2.45, 2.75) is 5.92 Å². The quantitative estimate of drug-likeness (QED) is 0.656. The number of fused-ring (bicyclic) bond motifs is 1. The number of ether oxygens (including phenoxy) is 2. The van der Waals surface area contributed by atoms with Crippen LogP contribution in [0.25, 0.3) is 11.1 Å². The van der Waals surface area contributed by atoms with Crippen LogP contribution in [0.15, 0.2) is 72.8 Å². The minimum Gasteiger partial charge on any atom is -0.492 e. The summed E-state index contributed by atoms with van der Waals surface area (Å²) in [6.45, 7) is 0.422. The van der Waals surface area contributed by atoms with E-state index in [1.807, 2.05) is 72.8 Å². The fourth-order valence-electron chi connectivity index (χ4n) is 3.17. The van der Waals surface area contributed by atoms with Gasteiger partial charge in [-0.3, -0.25) is 0 Å². The van der Waals surface area contributed by atoms with Crippen LogP contribution in [-0.2, 0) is 11.1 Å². The molecule has 4 rings (SSSR count). The molecule has 0 aromatic heterocycles. The van der Waals surface area contributed by atoms with Crippen molar-refractivity contribution < 1.29 is 18.2 Å². The molecule has 0 bridgehead atoms. The minimum absolute atomic E-state index is 0.0542. The Morgan fingerprint density at radius 1 is 1.04 bits per heavy atom. The number of hydrogen-bond acceptors (Lipinski definition) is 3. The van der Waals surface area contributed by atoms with Crippen LogP contribution >= 0.6 is 0 Å². The highest BCUT2D eigenvalue weighted by Gasteiger charge is 2.26. The fourth-order valence-corrected chi connectivity index (χ4v) is 3.79. The molecule has 132 valence electrons. The van der Waals surface area contributed by atoms with Gasteiger partial charge in [0.05, 0.1) is 12.4 Å². The smallest absolute Gasteiger partial charge is 0.153 e. The van der Waals surface area contributed by atoms with Crippen molar-refractivity contribution in [1.82, 2.24) is 0 Å². The Bertz CT molecular complexity index is 940. The van der Waals surface area contributed by atoms with E-state index in [1.54, 1.807) is 0 Å². The summed E-state index contributed by atoms with van der Waals surface area (Å²) < 4.78 is 32.0. The maximum absolute atomic E-state index is 11.1. The number of benzene rings is 3. The molecule has 0 radical (unpaired) electrons. The molecule has 0 amide bonds. The van der Waals surface area contributed by atoms with Crippen molar-refractivity contribution in [2.75, 3.05) is 12.4 Å². The molecule has 0 fully saturated rings. The first-order valence-corrected chi connectivity index (χ1v) is 9.65. The Morgan fingerprint density at radius 3 is 2.62 bits per heavy atom. The summed E-state index contributed by atoms with van der Waals surface area (Å²) in [4.78, 5) is 0. The Labute approximate surface area is 154 Å². The third kappa shape index (κ3) is 3.49. The molecule has 1 heterocycles. The van der Waals surface area contributed by atoms with Gasteiger partial charge in [-0.05, 0) is 17.7 Å². The monoisotopic (exact) mass is 366 g/mol. The summed E-state index contributed by atoms with van der Waals surface area (Å²) in [5, 5.41) is 0. The first-order chi connectivity index (χ1) is 12.7. The van der Waals surface area contributed by atoms with Crippen LogP contribution in [0.4, 0.5) is 0 Å². The van der Waals surface area contributed by atoms with Crippen molar-refractivity contribution in [2.24, 2.45) is 0 Å². The molecular weight excluding hydrogens is 348 g/mol. The van der Waals surface area contributed by atoms with Gasteiger partial charge in [0.25, 0.3) is 0 Å². The van der Waals surface area contributed by atoms with Crippen molar-refractivity contribution in [3.8, 4) is 28.4 Å². The standard InChI is InChI=1S/C21H18O4S/c22-26(23)14-16-13-24-21-12-17(10-11-19(16)21)25-20-9-5-4-8-18(20)15-6-2-1-3-7-15/h1-12,16H,13-14H2,(H,22,23). The zero-order valence-electron chi connectivity index (χ0n) is 14.0. The van der Waals surface area contributed by atoms with Crippen LogP contribution in [0, 0.1) is 0 Å². The molecule has 5 heteroatoms. The number of para-hydroxylation sites is 1. The lowest BCUT2D eigenvalue weighted by Crippen LogP contribution is -2.10. The summed E-state index contributed by atoms with van der Waals surface area (Å²) in [5.74, 6) is 2.29. The van der Waals surface area contributed by atoms with Gasteiger partial charge in [0.1, 0.15) is 17.2 Å². The van der Waals surface area contributed by atoms with E-state index in [4.69, 9.17) is 14.0 Å². The van der Waals surface area contributed by atoms with Crippen molar-refractivity contribution >= 4 is 11.1 Å². The average molecular weight is 366 g/mol. The predicted octanol–water partition coefficient (Wildman–Crippen LogP) is 4.84. The Morgan fingerprint density at radius 2 is 1.81 bits per heavy atom. The second kappa shape index (κ2) is 7.32. The van der Waals surface area contributed by atoms with Gasteiger partial charge in [-0.2, -0.15) is 0 Å². The van der Waals surface area contributed by atoms with Gasteiger partial charge in [0, 0.05) is 23.1 Å². The SMILES string of the molecule is O=S(O)CC1COc2cc(Oc3ccccc3-c3ccccc3)ccc21. The molecule has 3 aromatic rings. The second-order valence-electron chi connectivity index (χ2n) is 6.16. The van der Waals surface area contributed by atoms with Gasteiger partial charge >= 0.3 is 0 Å². The lowest BCUT2D eigenvalue weighted by molar-refractivity contribution is 0.336. The normalized spacial score (nSPS) is 16.6. The maximum Gasteiger partial charge on any atom is 0.153 e. The van der Waals surface area contributed by atoms with E-state index >= 15 is 0 Å². The molecule has 4 nitrogen and oxygen atoms in total. The number of rotatable bonds is 5. The zero-order valence-corrected chi connectivity index (χ0v) is 14.8. The predicted molar refractivity (Wildman–Crippen MR) is 102 cm³/mol. The van der Waals surface area contributed by atoms with E-state index in [1.165, 1.54) is 0 Å². The molecule has 0 aliphatic carbocycles. The first kappa shape index (κ1) is 16.8. The van der Waals surface area contributed by atoms with Crippen LogP contribution in [0.5, 0.6) is 17.2 Å². The van der Waals surface area contributed by atoms with E-state index in [9.17, 15) is 4.21 Å². The summed E-state index contributed by atoms with van der Waals surface area (Å²) >= 11 is -1.84. The van der Waals surface area contributed by atoms with Gasteiger partial charge < -0.3 is 14.0 Å². The summed E-state index contributed by atoms with van der Waals surface area (Å²) in [6.07, 6.45) is 0. The summed E-state index contributed by atoms with van der Waals surface area (Å²) in [5.41, 5.74) is 3.06. The average Bonchev–Trinajstić information content (AvgIpc) is 3.04. The summed E-state index contributed by atoms with van der Waals surface area (Å²) in [6, 6.07) is 23.6. The maximum atomic E-state index is 11.1.